The summed E-state index contributed by atoms with van der Waals surface area (Å²) in [6.45, 7) is 12.3. The second-order valence-electron chi connectivity index (χ2n) is 10.8. The lowest BCUT2D eigenvalue weighted by Crippen LogP contribution is -2.51. The minimum Gasteiger partial charge on any atom is -0.459 e. The Bertz CT molecular complexity index is 761. The fourth-order valence-corrected chi connectivity index (χ4v) is 5.60. The number of benzene rings is 1. The van der Waals surface area contributed by atoms with Crippen LogP contribution in [0.25, 0.3) is 0 Å². The highest BCUT2D eigenvalue weighted by Crippen LogP contribution is 2.38. The summed E-state index contributed by atoms with van der Waals surface area (Å²) in [7, 11) is 0. The first-order valence-corrected chi connectivity index (χ1v) is 13.0. The van der Waals surface area contributed by atoms with Crippen molar-refractivity contribution in [2.75, 3.05) is 13.2 Å². The van der Waals surface area contributed by atoms with Crippen molar-refractivity contribution < 1.29 is 19.4 Å². The fraction of sp³-hybridized carbons (Fsp3) is 0.714. The molecule has 192 valence electrons. The lowest BCUT2D eigenvalue weighted by molar-refractivity contribution is -0.161. The molecule has 5 atom stereocenters. The molecule has 0 radical (unpaired) electrons. The van der Waals surface area contributed by atoms with Gasteiger partial charge in [-0.1, -0.05) is 43.7 Å². The molecule has 0 bridgehead atoms. The van der Waals surface area contributed by atoms with E-state index >= 15 is 0 Å². The lowest BCUT2D eigenvalue weighted by Gasteiger charge is -2.41. The molecule has 1 heterocycles. The summed E-state index contributed by atoms with van der Waals surface area (Å²) in [6.07, 6.45) is 5.19. The van der Waals surface area contributed by atoms with Crippen molar-refractivity contribution in [3.05, 3.63) is 35.9 Å². The fourth-order valence-electron chi connectivity index (χ4n) is 5.60. The van der Waals surface area contributed by atoms with Gasteiger partial charge in [0, 0.05) is 32.2 Å². The summed E-state index contributed by atoms with van der Waals surface area (Å²) in [5.74, 6) is 0.346. The number of aliphatic hydroxyl groups excluding tert-OH is 1. The minimum atomic E-state index is -0.536. The van der Waals surface area contributed by atoms with Gasteiger partial charge in [0.25, 0.3) is 0 Å². The van der Waals surface area contributed by atoms with Crippen molar-refractivity contribution in [1.29, 1.82) is 0 Å². The van der Waals surface area contributed by atoms with Crippen LogP contribution in [-0.4, -0.2) is 58.8 Å². The number of rotatable bonds is 12. The molecule has 1 amide bonds. The van der Waals surface area contributed by atoms with Crippen molar-refractivity contribution in [1.82, 2.24) is 10.2 Å². The number of aliphatic hydroxyl groups is 1. The summed E-state index contributed by atoms with van der Waals surface area (Å²) in [5.41, 5.74) is 0.734. The van der Waals surface area contributed by atoms with Gasteiger partial charge in [-0.2, -0.15) is 0 Å². The number of amides is 1. The average Bonchev–Trinajstić information content (AvgIpc) is 3.17. The molecule has 5 unspecified atom stereocenters. The smallest absolute Gasteiger partial charge is 0.323 e. The number of hydrogen-bond acceptors (Lipinski definition) is 5. The summed E-state index contributed by atoms with van der Waals surface area (Å²) in [4.78, 5) is 27.4. The van der Waals surface area contributed by atoms with Gasteiger partial charge in [-0.05, 0) is 77.2 Å². The van der Waals surface area contributed by atoms with Gasteiger partial charge in [-0.25, -0.2) is 0 Å². The summed E-state index contributed by atoms with van der Waals surface area (Å²) < 4.78 is 5.79. The molecule has 1 saturated heterocycles. The van der Waals surface area contributed by atoms with Crippen molar-refractivity contribution in [3.63, 3.8) is 0 Å². The van der Waals surface area contributed by atoms with Crippen molar-refractivity contribution in [3.8, 4) is 0 Å². The van der Waals surface area contributed by atoms with Gasteiger partial charge in [0.05, 0.1) is 0 Å². The molecule has 6 heteroatoms. The second-order valence-corrected chi connectivity index (χ2v) is 10.8. The third-order valence-corrected chi connectivity index (χ3v) is 6.87. The van der Waals surface area contributed by atoms with E-state index < -0.39 is 5.60 Å². The first-order chi connectivity index (χ1) is 16.1. The molecule has 2 N–H and O–H groups in total. The highest BCUT2D eigenvalue weighted by molar-refractivity contribution is 5.76. The van der Waals surface area contributed by atoms with Crippen LogP contribution in [0.1, 0.15) is 79.2 Å². The van der Waals surface area contributed by atoms with Gasteiger partial charge in [-0.3, -0.25) is 14.5 Å². The molecule has 6 nitrogen and oxygen atoms in total. The normalized spacial score (nSPS) is 21.6. The van der Waals surface area contributed by atoms with Gasteiger partial charge >= 0.3 is 5.97 Å². The SMILES string of the molecule is CCCC(C(C)NC(C)=O)C(Cc1ccccc1)C1CCC(C(=O)OC(C)(C)C)N1CCCO. The zero-order chi connectivity index (χ0) is 25.3. The van der Waals surface area contributed by atoms with Crippen LogP contribution in [-0.2, 0) is 20.7 Å². The van der Waals surface area contributed by atoms with Crippen LogP contribution in [0.15, 0.2) is 30.3 Å². The van der Waals surface area contributed by atoms with E-state index in [4.69, 9.17) is 4.74 Å². The van der Waals surface area contributed by atoms with E-state index in [-0.39, 0.29) is 48.4 Å². The maximum absolute atomic E-state index is 13.2. The topological polar surface area (TPSA) is 78.9 Å². The Kier molecular flexibility index (Phi) is 11.0. The molecule has 0 aromatic heterocycles. The van der Waals surface area contributed by atoms with Crippen LogP contribution in [0.2, 0.25) is 0 Å². The number of likely N-dealkylation sites (tertiary alicyclic amines) is 1. The van der Waals surface area contributed by atoms with Gasteiger partial charge in [0.15, 0.2) is 0 Å². The molecule has 1 aromatic carbocycles. The molecule has 2 rings (SSSR count). The Morgan fingerprint density at radius 1 is 1.21 bits per heavy atom. The van der Waals surface area contributed by atoms with Gasteiger partial charge in [0.1, 0.15) is 11.6 Å². The molecule has 0 spiro atoms. The summed E-state index contributed by atoms with van der Waals surface area (Å²) >= 11 is 0. The van der Waals surface area contributed by atoms with Crippen molar-refractivity contribution in [2.24, 2.45) is 11.8 Å². The van der Waals surface area contributed by atoms with E-state index in [1.165, 1.54) is 5.56 Å². The zero-order valence-corrected chi connectivity index (χ0v) is 22.0. The second kappa shape index (κ2) is 13.2. The van der Waals surface area contributed by atoms with Crippen LogP contribution in [0.4, 0.5) is 0 Å². The molecule has 0 aliphatic carbocycles. The third kappa shape index (κ3) is 8.38. The van der Waals surface area contributed by atoms with E-state index in [2.05, 4.69) is 48.3 Å². The van der Waals surface area contributed by atoms with Gasteiger partial charge < -0.3 is 15.2 Å². The van der Waals surface area contributed by atoms with Crippen LogP contribution in [0, 0.1) is 11.8 Å². The quantitative estimate of drug-likeness (QED) is 0.441. The predicted octanol–water partition coefficient (Wildman–Crippen LogP) is 4.34. The van der Waals surface area contributed by atoms with E-state index in [9.17, 15) is 14.7 Å². The van der Waals surface area contributed by atoms with Crippen LogP contribution < -0.4 is 5.32 Å². The summed E-state index contributed by atoms with van der Waals surface area (Å²) in [6, 6.07) is 10.4. The number of nitrogens with zero attached hydrogens (tertiary/aromatic N) is 1. The molecule has 34 heavy (non-hydrogen) atoms. The van der Waals surface area contributed by atoms with Gasteiger partial charge in [0.2, 0.25) is 5.91 Å². The largest absolute Gasteiger partial charge is 0.459 e. The standard InChI is InChI=1S/C28H46N2O4/c1-7-12-23(20(2)29-21(3)32)24(19-22-13-9-8-10-14-22)25-15-16-26(30(25)17-11-18-31)27(33)34-28(4,5)6/h8-10,13-14,20,23-26,31H,7,11-12,15-19H2,1-6H3,(H,29,32). The van der Waals surface area contributed by atoms with Crippen LogP contribution in [0.3, 0.4) is 0 Å². The molecule has 1 aliphatic heterocycles. The predicted molar refractivity (Wildman–Crippen MR) is 136 cm³/mol. The monoisotopic (exact) mass is 474 g/mol. The maximum Gasteiger partial charge on any atom is 0.323 e. The number of ether oxygens (including phenoxy) is 1. The van der Waals surface area contributed by atoms with Gasteiger partial charge in [-0.15, -0.1) is 0 Å². The minimum absolute atomic E-state index is 0.0118. The summed E-state index contributed by atoms with van der Waals surface area (Å²) in [5, 5.41) is 12.7. The lowest BCUT2D eigenvalue weighted by atomic mass is 9.75. The first-order valence-electron chi connectivity index (χ1n) is 13.0. The van der Waals surface area contributed by atoms with E-state index in [0.29, 0.717) is 13.0 Å². The number of hydrogen-bond donors (Lipinski definition) is 2. The molecular weight excluding hydrogens is 428 g/mol. The highest BCUT2D eigenvalue weighted by atomic mass is 16.6. The molecule has 1 aliphatic rings. The molecule has 1 aromatic rings. The third-order valence-electron chi connectivity index (χ3n) is 6.87. The Morgan fingerprint density at radius 2 is 1.88 bits per heavy atom. The highest BCUT2D eigenvalue weighted by Gasteiger charge is 2.45. The number of nitrogens with one attached hydrogen (secondary N) is 1. The Labute approximate surface area is 206 Å². The van der Waals surface area contributed by atoms with Crippen molar-refractivity contribution in [2.45, 2.75) is 104 Å². The van der Waals surface area contributed by atoms with E-state index in [0.717, 1.165) is 32.1 Å². The average molecular weight is 475 g/mol. The van der Waals surface area contributed by atoms with Crippen LogP contribution >= 0.6 is 0 Å². The number of carbonyl (C=O) groups excluding carboxylic acids is 2. The number of carbonyl (C=O) groups is 2. The maximum atomic E-state index is 13.2. The molecular formula is C28H46N2O4. The van der Waals surface area contributed by atoms with E-state index in [1.54, 1.807) is 6.92 Å². The van der Waals surface area contributed by atoms with Crippen molar-refractivity contribution >= 4 is 11.9 Å². The van der Waals surface area contributed by atoms with Crippen LogP contribution in [0.5, 0.6) is 0 Å². The Balaban J connectivity index is 2.42. The Morgan fingerprint density at radius 3 is 2.44 bits per heavy atom. The molecule has 0 saturated carbocycles. The first kappa shape index (κ1) is 28.3. The van der Waals surface area contributed by atoms with E-state index in [1.807, 2.05) is 26.8 Å². The zero-order valence-electron chi connectivity index (χ0n) is 22.0. The Hall–Kier alpha value is -1.92. The molecule has 1 fully saturated rings. The number of esters is 1.